The lowest BCUT2D eigenvalue weighted by Gasteiger charge is -2.38. The number of benzene rings is 1. The van der Waals surface area contributed by atoms with Crippen LogP contribution in [-0.2, 0) is 28.4 Å². The average molecular weight is 540 g/mol. The highest BCUT2D eigenvalue weighted by Gasteiger charge is 2.66. The normalized spacial score (nSPS) is 24.0. The number of hydrogen-bond acceptors (Lipinski definition) is 9. The van der Waals surface area contributed by atoms with E-state index in [1.165, 1.54) is 25.3 Å². The summed E-state index contributed by atoms with van der Waals surface area (Å²) in [7, 11) is 1.21. The van der Waals surface area contributed by atoms with Gasteiger partial charge in [0.25, 0.3) is 11.9 Å². The van der Waals surface area contributed by atoms with Gasteiger partial charge in [-0.1, -0.05) is 56.7 Å². The lowest BCUT2D eigenvalue weighted by Crippen LogP contribution is -3.08. The van der Waals surface area contributed by atoms with Gasteiger partial charge in [0, 0.05) is 11.5 Å². The molecule has 2 bridgehead atoms. The summed E-state index contributed by atoms with van der Waals surface area (Å²) >= 11 is 0. The van der Waals surface area contributed by atoms with Crippen molar-refractivity contribution in [2.24, 2.45) is 5.92 Å². The van der Waals surface area contributed by atoms with Crippen LogP contribution in [0.3, 0.4) is 0 Å². The molecule has 2 fully saturated rings. The van der Waals surface area contributed by atoms with E-state index in [1.807, 2.05) is 44.2 Å². The van der Waals surface area contributed by atoms with Crippen LogP contribution in [0.15, 0.2) is 48.5 Å². The lowest BCUT2D eigenvalue weighted by atomic mass is 9.60. The number of hydrogen-bond donors (Lipinski definition) is 4. The number of carbonyl (C=O) groups is 4. The SMILES string of the molecule is COC(=O)[C@@H]1[NH2+][B-]2([C@H](CC(C)C)NC(=O)[C@@H](NC(=O)c3cccc(-c4ccccc4)n3)[C@@H](C)O)OC(=O)[C@@H]1O2. The van der Waals surface area contributed by atoms with Crippen molar-refractivity contribution in [1.82, 2.24) is 15.6 Å². The van der Waals surface area contributed by atoms with Crippen molar-refractivity contribution >= 4 is 30.4 Å². The molecule has 1 aromatic carbocycles. The predicted octanol–water partition coefficient (Wildman–Crippen LogP) is -0.703. The Bertz CT molecular complexity index is 1240. The minimum Gasteiger partial charge on any atom is -0.612 e. The fourth-order valence-electron chi connectivity index (χ4n) is 5.01. The molecule has 6 atom stereocenters. The Morgan fingerprint density at radius 2 is 1.82 bits per heavy atom. The van der Waals surface area contributed by atoms with Crippen LogP contribution in [0, 0.1) is 5.92 Å². The van der Waals surface area contributed by atoms with Crippen molar-refractivity contribution in [3.63, 3.8) is 0 Å². The molecule has 2 aliphatic heterocycles. The molecule has 0 radical (unpaired) electrons. The van der Waals surface area contributed by atoms with Gasteiger partial charge in [-0.2, -0.15) is 0 Å². The number of nitrogens with zero attached hydrogens (tertiary/aromatic N) is 1. The number of fused-ring (bicyclic) bond motifs is 2. The van der Waals surface area contributed by atoms with Crippen LogP contribution in [0.1, 0.15) is 37.7 Å². The summed E-state index contributed by atoms with van der Waals surface area (Å²) in [5.74, 6) is -3.53. The number of aliphatic hydroxyl groups excluding tert-OH is 1. The van der Waals surface area contributed by atoms with E-state index in [0.29, 0.717) is 12.1 Å². The van der Waals surface area contributed by atoms with Gasteiger partial charge in [0.05, 0.1) is 18.9 Å². The number of carbonyl (C=O) groups excluding carboxylic acids is 4. The van der Waals surface area contributed by atoms with Crippen molar-refractivity contribution in [1.29, 1.82) is 0 Å². The predicted molar refractivity (Wildman–Crippen MR) is 138 cm³/mol. The molecule has 2 amide bonds. The number of quaternary nitrogens is 1. The average Bonchev–Trinajstić information content (AvgIpc) is 3.47. The van der Waals surface area contributed by atoms with Gasteiger partial charge in [0.1, 0.15) is 11.7 Å². The van der Waals surface area contributed by atoms with E-state index in [9.17, 15) is 24.3 Å². The molecule has 4 rings (SSSR count). The number of amides is 2. The summed E-state index contributed by atoms with van der Waals surface area (Å²) in [4.78, 5) is 55.6. The van der Waals surface area contributed by atoms with Gasteiger partial charge in [-0.25, -0.2) is 9.78 Å². The van der Waals surface area contributed by atoms with Crippen molar-refractivity contribution in [2.45, 2.75) is 57.4 Å². The van der Waals surface area contributed by atoms with Crippen LogP contribution in [0.4, 0.5) is 0 Å². The van der Waals surface area contributed by atoms with E-state index in [-0.39, 0.29) is 11.6 Å². The van der Waals surface area contributed by atoms with Crippen LogP contribution < -0.4 is 15.9 Å². The van der Waals surface area contributed by atoms with Crippen LogP contribution in [0.2, 0.25) is 0 Å². The number of methoxy groups -OCH3 is 1. The second kappa shape index (κ2) is 11.5. The Morgan fingerprint density at radius 3 is 2.46 bits per heavy atom. The molecule has 1 unspecified atom stereocenters. The van der Waals surface area contributed by atoms with Gasteiger partial charge in [-0.3, -0.25) is 14.4 Å². The number of nitrogens with one attached hydrogen (secondary N) is 2. The van der Waals surface area contributed by atoms with Crippen LogP contribution in [-0.4, -0.2) is 77.9 Å². The number of rotatable bonds is 10. The van der Waals surface area contributed by atoms with E-state index >= 15 is 0 Å². The lowest BCUT2D eigenvalue weighted by molar-refractivity contribution is -0.569. The molecule has 12 nitrogen and oxygen atoms in total. The zero-order valence-electron chi connectivity index (χ0n) is 22.2. The molecule has 39 heavy (non-hydrogen) atoms. The largest absolute Gasteiger partial charge is 0.612 e. The maximum absolute atomic E-state index is 13.4. The molecule has 3 heterocycles. The zero-order valence-corrected chi connectivity index (χ0v) is 22.2. The quantitative estimate of drug-likeness (QED) is 0.225. The first kappa shape index (κ1) is 28.2. The molecule has 13 heteroatoms. The van der Waals surface area contributed by atoms with E-state index in [2.05, 4.69) is 15.6 Å². The first-order valence-electron chi connectivity index (χ1n) is 12.9. The highest BCUT2D eigenvalue weighted by molar-refractivity contribution is 6.64. The van der Waals surface area contributed by atoms with Gasteiger partial charge in [-0.15, -0.1) is 0 Å². The first-order chi connectivity index (χ1) is 18.5. The summed E-state index contributed by atoms with van der Waals surface area (Å²) in [5.41, 5.74) is 1.46. The van der Waals surface area contributed by atoms with Gasteiger partial charge in [0.2, 0.25) is 5.91 Å². The fraction of sp³-hybridized carbons (Fsp3) is 0.423. The van der Waals surface area contributed by atoms with Crippen molar-refractivity contribution in [2.75, 3.05) is 7.11 Å². The second-order valence-corrected chi connectivity index (χ2v) is 10.3. The van der Waals surface area contributed by atoms with Gasteiger partial charge >= 0.3 is 12.7 Å². The minimum absolute atomic E-state index is 0.0306. The third-order valence-electron chi connectivity index (χ3n) is 6.88. The Labute approximate surface area is 225 Å². The maximum Gasteiger partial charge on any atom is 0.547 e. The van der Waals surface area contributed by atoms with Crippen LogP contribution in [0.5, 0.6) is 0 Å². The number of aromatic nitrogens is 1. The third kappa shape index (κ3) is 5.95. The molecule has 208 valence electrons. The first-order valence-corrected chi connectivity index (χ1v) is 12.9. The van der Waals surface area contributed by atoms with Crippen LogP contribution >= 0.6 is 0 Å². The summed E-state index contributed by atoms with van der Waals surface area (Å²) in [5, 5.41) is 17.2. The summed E-state index contributed by atoms with van der Waals surface area (Å²) in [6.07, 6.45) is -2.09. The molecule has 0 spiro atoms. The van der Waals surface area contributed by atoms with Crippen LogP contribution in [0.25, 0.3) is 11.3 Å². The standard InChI is InChI=1S/C26H33BN4O8/c1-14(2)13-19(27-31-21(25(35)37-4)22(38-27)26(36)39-27)29-24(34)20(15(3)32)30-23(33)18-12-8-11-17(28-18)16-9-6-5-7-10-16/h5-12,14-15,19-22,32H,13,31H2,1-4H3,(H,29,34)(H,30,33)/t15-,19+,20+,21-,22-,27?/m1/s1. The van der Waals surface area contributed by atoms with E-state index in [1.54, 1.807) is 12.1 Å². The van der Waals surface area contributed by atoms with E-state index < -0.39 is 60.7 Å². The summed E-state index contributed by atoms with van der Waals surface area (Å²) < 4.78 is 16.2. The Kier molecular flexibility index (Phi) is 8.33. The second-order valence-electron chi connectivity index (χ2n) is 10.3. The number of nitrogens with two attached hydrogens (primary N) is 1. The maximum atomic E-state index is 13.4. The molecule has 1 aromatic heterocycles. The topological polar surface area (TPSA) is 170 Å². The number of pyridine rings is 1. The summed E-state index contributed by atoms with van der Waals surface area (Å²) in [6.45, 7) is 2.67. The molecular weight excluding hydrogens is 507 g/mol. The Hall–Kier alpha value is -3.81. The highest BCUT2D eigenvalue weighted by Crippen LogP contribution is 2.28. The Balaban J connectivity index is 1.52. The molecule has 2 aromatic rings. The third-order valence-corrected chi connectivity index (χ3v) is 6.88. The van der Waals surface area contributed by atoms with E-state index in [0.717, 1.165) is 5.56 Å². The van der Waals surface area contributed by atoms with Gasteiger partial charge in [-0.05, 0) is 25.0 Å². The zero-order chi connectivity index (χ0) is 28.3. The number of ether oxygens (including phenoxy) is 1. The molecule has 0 aliphatic carbocycles. The highest BCUT2D eigenvalue weighted by atomic mass is 16.7. The number of esters is 1. The molecule has 5 N–H and O–H groups in total. The van der Waals surface area contributed by atoms with Crippen molar-refractivity contribution < 1.29 is 43.6 Å². The molecule has 2 aliphatic rings. The fourth-order valence-corrected chi connectivity index (χ4v) is 5.01. The molecular formula is C26H33BN4O8. The minimum atomic E-state index is -2.52. The van der Waals surface area contributed by atoms with Crippen molar-refractivity contribution in [3.05, 3.63) is 54.2 Å². The Morgan fingerprint density at radius 1 is 1.10 bits per heavy atom. The summed E-state index contributed by atoms with van der Waals surface area (Å²) in [6, 6.07) is 11.9. The van der Waals surface area contributed by atoms with Gasteiger partial charge < -0.3 is 35.0 Å². The molecule has 2 saturated heterocycles. The smallest absolute Gasteiger partial charge is 0.547 e. The van der Waals surface area contributed by atoms with Crippen molar-refractivity contribution in [3.8, 4) is 11.3 Å². The molecule has 0 saturated carbocycles. The monoisotopic (exact) mass is 540 g/mol. The van der Waals surface area contributed by atoms with E-state index in [4.69, 9.17) is 14.0 Å². The number of aliphatic hydroxyl groups is 1. The van der Waals surface area contributed by atoms with Gasteiger partial charge in [0.15, 0.2) is 12.1 Å².